The van der Waals surface area contributed by atoms with Gasteiger partial charge in [-0.1, -0.05) is 18.5 Å². The van der Waals surface area contributed by atoms with Gasteiger partial charge in [0.1, 0.15) is 5.82 Å². The molecule has 0 aromatic carbocycles. The maximum atomic E-state index is 6.16. The zero-order valence-corrected chi connectivity index (χ0v) is 12.0. The number of aromatic nitrogens is 1. The standard InChI is InChI=1S/C11H17BrClN3/c1-3-14-5-6-16(4-2)11-10(13)7-9(12)8-15-11/h7-8,14H,3-6H2,1-2H3. The third-order valence-electron chi connectivity index (χ3n) is 2.28. The Labute approximate surface area is 110 Å². The molecule has 1 N–H and O–H groups in total. The van der Waals surface area contributed by atoms with Crippen molar-refractivity contribution in [2.75, 3.05) is 31.1 Å². The Hall–Kier alpha value is -0.320. The van der Waals surface area contributed by atoms with E-state index in [0.29, 0.717) is 5.02 Å². The molecular formula is C11H17BrClN3. The van der Waals surface area contributed by atoms with Gasteiger partial charge < -0.3 is 10.2 Å². The largest absolute Gasteiger partial charge is 0.354 e. The first kappa shape index (κ1) is 13.7. The van der Waals surface area contributed by atoms with Crippen molar-refractivity contribution >= 4 is 33.3 Å². The van der Waals surface area contributed by atoms with Crippen molar-refractivity contribution in [2.45, 2.75) is 13.8 Å². The molecule has 0 aliphatic heterocycles. The SMILES string of the molecule is CCNCCN(CC)c1ncc(Br)cc1Cl. The highest BCUT2D eigenvalue weighted by Crippen LogP contribution is 2.25. The van der Waals surface area contributed by atoms with Crippen LogP contribution in [0.25, 0.3) is 0 Å². The van der Waals surface area contributed by atoms with Gasteiger partial charge in [-0.25, -0.2) is 4.98 Å². The molecule has 0 aliphatic rings. The van der Waals surface area contributed by atoms with Gasteiger partial charge in [0.2, 0.25) is 0 Å². The van der Waals surface area contributed by atoms with Crippen molar-refractivity contribution in [1.82, 2.24) is 10.3 Å². The molecule has 0 fully saturated rings. The van der Waals surface area contributed by atoms with Crippen molar-refractivity contribution in [2.24, 2.45) is 0 Å². The summed E-state index contributed by atoms with van der Waals surface area (Å²) in [5.74, 6) is 0.852. The number of likely N-dealkylation sites (N-methyl/N-ethyl adjacent to an activating group) is 2. The highest BCUT2D eigenvalue weighted by molar-refractivity contribution is 9.10. The Balaban J connectivity index is 2.70. The van der Waals surface area contributed by atoms with Gasteiger partial charge >= 0.3 is 0 Å². The van der Waals surface area contributed by atoms with Crippen molar-refractivity contribution < 1.29 is 0 Å². The number of hydrogen-bond acceptors (Lipinski definition) is 3. The molecule has 0 radical (unpaired) electrons. The molecule has 16 heavy (non-hydrogen) atoms. The summed E-state index contributed by atoms with van der Waals surface area (Å²) in [6, 6.07) is 1.87. The molecule has 0 saturated carbocycles. The van der Waals surface area contributed by atoms with E-state index < -0.39 is 0 Å². The van der Waals surface area contributed by atoms with E-state index in [1.807, 2.05) is 6.07 Å². The molecule has 1 aromatic heterocycles. The lowest BCUT2D eigenvalue weighted by Crippen LogP contribution is -2.32. The monoisotopic (exact) mass is 305 g/mol. The van der Waals surface area contributed by atoms with Gasteiger partial charge in [0, 0.05) is 30.3 Å². The molecule has 0 amide bonds. The molecule has 3 nitrogen and oxygen atoms in total. The van der Waals surface area contributed by atoms with Gasteiger partial charge in [0.25, 0.3) is 0 Å². The molecule has 0 saturated heterocycles. The van der Waals surface area contributed by atoms with E-state index in [9.17, 15) is 0 Å². The first-order chi connectivity index (χ1) is 7.69. The second-order valence-corrected chi connectivity index (χ2v) is 4.72. The number of nitrogens with zero attached hydrogens (tertiary/aromatic N) is 2. The fourth-order valence-electron chi connectivity index (χ4n) is 1.44. The van der Waals surface area contributed by atoms with Gasteiger partial charge in [0.15, 0.2) is 0 Å². The summed E-state index contributed by atoms with van der Waals surface area (Å²) >= 11 is 9.51. The zero-order valence-electron chi connectivity index (χ0n) is 9.63. The molecule has 90 valence electrons. The topological polar surface area (TPSA) is 28.2 Å². The lowest BCUT2D eigenvalue weighted by atomic mass is 10.4. The van der Waals surface area contributed by atoms with Gasteiger partial charge in [-0.15, -0.1) is 0 Å². The average Bonchev–Trinajstić information content (AvgIpc) is 2.26. The second-order valence-electron chi connectivity index (χ2n) is 3.39. The maximum Gasteiger partial charge on any atom is 0.147 e. The van der Waals surface area contributed by atoms with Crippen molar-refractivity contribution in [3.05, 3.63) is 21.8 Å². The smallest absolute Gasteiger partial charge is 0.147 e. The molecule has 0 atom stereocenters. The maximum absolute atomic E-state index is 6.16. The summed E-state index contributed by atoms with van der Waals surface area (Å²) in [7, 11) is 0. The lowest BCUT2D eigenvalue weighted by molar-refractivity contribution is 0.684. The predicted molar refractivity (Wildman–Crippen MR) is 73.4 cm³/mol. The summed E-state index contributed by atoms with van der Waals surface area (Å²) in [6.07, 6.45) is 1.77. The van der Waals surface area contributed by atoms with Gasteiger partial charge in [-0.3, -0.25) is 0 Å². The van der Waals surface area contributed by atoms with E-state index >= 15 is 0 Å². The van der Waals surface area contributed by atoms with Crippen molar-refractivity contribution in [1.29, 1.82) is 0 Å². The van der Waals surface area contributed by atoms with E-state index in [1.165, 1.54) is 0 Å². The van der Waals surface area contributed by atoms with Crippen LogP contribution >= 0.6 is 27.5 Å². The Bertz CT molecular complexity index is 333. The molecule has 0 bridgehead atoms. The summed E-state index contributed by atoms with van der Waals surface area (Å²) < 4.78 is 0.906. The van der Waals surface area contributed by atoms with Crippen LogP contribution < -0.4 is 10.2 Å². The number of pyridine rings is 1. The Morgan fingerprint density at radius 3 is 2.81 bits per heavy atom. The third-order valence-corrected chi connectivity index (χ3v) is 2.99. The number of rotatable bonds is 6. The molecule has 5 heteroatoms. The van der Waals surface area contributed by atoms with Crippen LogP contribution in [-0.4, -0.2) is 31.2 Å². The van der Waals surface area contributed by atoms with Crippen LogP contribution in [-0.2, 0) is 0 Å². The van der Waals surface area contributed by atoms with Crippen LogP contribution in [0, 0.1) is 0 Å². The minimum atomic E-state index is 0.688. The van der Waals surface area contributed by atoms with E-state index in [-0.39, 0.29) is 0 Å². The molecule has 1 rings (SSSR count). The van der Waals surface area contributed by atoms with E-state index in [4.69, 9.17) is 11.6 Å². The molecule has 0 unspecified atom stereocenters. The minimum Gasteiger partial charge on any atom is -0.354 e. The van der Waals surface area contributed by atoms with E-state index in [2.05, 4.69) is 45.0 Å². The summed E-state index contributed by atoms with van der Waals surface area (Å²) in [5.41, 5.74) is 0. The van der Waals surface area contributed by atoms with Crippen LogP contribution in [0.15, 0.2) is 16.7 Å². The van der Waals surface area contributed by atoms with Crippen LogP contribution in [0.3, 0.4) is 0 Å². The number of anilines is 1. The molecule has 0 spiro atoms. The number of halogens is 2. The Morgan fingerprint density at radius 1 is 1.50 bits per heavy atom. The lowest BCUT2D eigenvalue weighted by Gasteiger charge is -2.23. The highest BCUT2D eigenvalue weighted by Gasteiger charge is 2.09. The predicted octanol–water partition coefficient (Wildman–Crippen LogP) is 2.93. The summed E-state index contributed by atoms with van der Waals surface area (Å²) in [5, 5.41) is 3.98. The average molecular weight is 307 g/mol. The normalized spacial score (nSPS) is 10.5. The molecule has 0 aliphatic carbocycles. The molecule has 1 heterocycles. The Kier molecular flexibility index (Phi) is 6.09. The third kappa shape index (κ3) is 3.92. The van der Waals surface area contributed by atoms with Crippen LogP contribution in [0.2, 0.25) is 5.02 Å². The first-order valence-corrected chi connectivity index (χ1v) is 6.62. The first-order valence-electron chi connectivity index (χ1n) is 5.45. The van der Waals surface area contributed by atoms with Crippen LogP contribution in [0.1, 0.15) is 13.8 Å². The van der Waals surface area contributed by atoms with E-state index in [0.717, 1.165) is 36.5 Å². The zero-order chi connectivity index (χ0) is 12.0. The fourth-order valence-corrected chi connectivity index (χ4v) is 2.19. The number of hydrogen-bond donors (Lipinski definition) is 1. The van der Waals surface area contributed by atoms with Crippen molar-refractivity contribution in [3.8, 4) is 0 Å². The van der Waals surface area contributed by atoms with Gasteiger partial charge in [-0.05, 0) is 35.5 Å². The second kappa shape index (κ2) is 7.09. The van der Waals surface area contributed by atoms with Gasteiger partial charge in [0.05, 0.1) is 5.02 Å². The van der Waals surface area contributed by atoms with E-state index in [1.54, 1.807) is 6.20 Å². The fraction of sp³-hybridized carbons (Fsp3) is 0.545. The minimum absolute atomic E-state index is 0.688. The van der Waals surface area contributed by atoms with Crippen LogP contribution in [0.5, 0.6) is 0 Å². The Morgan fingerprint density at radius 2 is 2.25 bits per heavy atom. The number of nitrogens with one attached hydrogen (secondary N) is 1. The quantitative estimate of drug-likeness (QED) is 0.819. The van der Waals surface area contributed by atoms with Gasteiger partial charge in [-0.2, -0.15) is 0 Å². The summed E-state index contributed by atoms with van der Waals surface area (Å²) in [6.45, 7) is 7.95. The summed E-state index contributed by atoms with van der Waals surface area (Å²) in [4.78, 5) is 6.51. The van der Waals surface area contributed by atoms with Crippen molar-refractivity contribution in [3.63, 3.8) is 0 Å². The highest BCUT2D eigenvalue weighted by atomic mass is 79.9. The molecule has 1 aromatic rings. The van der Waals surface area contributed by atoms with Crippen LogP contribution in [0.4, 0.5) is 5.82 Å². The molecular weight excluding hydrogens is 289 g/mol.